The van der Waals surface area contributed by atoms with Crippen LogP contribution >= 0.6 is 11.8 Å². The molecular formula is C11H22OS. The first-order chi connectivity index (χ1) is 6.06. The van der Waals surface area contributed by atoms with Crippen molar-refractivity contribution in [2.75, 3.05) is 12.9 Å². The topological polar surface area (TPSA) is 9.23 Å². The second-order valence-corrected chi connectivity index (χ2v) is 6.10. The van der Waals surface area contributed by atoms with E-state index in [0.717, 1.165) is 12.5 Å². The quantitative estimate of drug-likeness (QED) is 0.679. The lowest BCUT2D eigenvalue weighted by Gasteiger charge is -2.31. The maximum absolute atomic E-state index is 5.91. The molecule has 0 aromatic rings. The average molecular weight is 202 g/mol. The van der Waals surface area contributed by atoms with Crippen LogP contribution in [0.25, 0.3) is 0 Å². The largest absolute Gasteiger partial charge is 0.377 e. The fourth-order valence-corrected chi connectivity index (χ4v) is 2.20. The summed E-state index contributed by atoms with van der Waals surface area (Å²) in [5.41, 5.74) is 0. The van der Waals surface area contributed by atoms with Crippen LogP contribution in [0.5, 0.6) is 0 Å². The van der Waals surface area contributed by atoms with Crippen LogP contribution in [0, 0.1) is 5.92 Å². The highest BCUT2D eigenvalue weighted by Crippen LogP contribution is 2.33. The highest BCUT2D eigenvalue weighted by molar-refractivity contribution is 8.00. The third kappa shape index (κ3) is 3.17. The third-order valence-corrected chi connectivity index (χ3v) is 4.47. The fourth-order valence-electron chi connectivity index (χ4n) is 1.75. The zero-order valence-corrected chi connectivity index (χ0v) is 10.1. The van der Waals surface area contributed by atoms with Gasteiger partial charge in [0, 0.05) is 11.4 Å². The maximum Gasteiger partial charge on any atom is 0.0716 e. The molecule has 1 rings (SSSR count). The van der Waals surface area contributed by atoms with Crippen molar-refractivity contribution >= 4 is 11.8 Å². The van der Waals surface area contributed by atoms with Crippen molar-refractivity contribution in [3.05, 3.63) is 0 Å². The second-order valence-electron chi connectivity index (χ2n) is 4.64. The van der Waals surface area contributed by atoms with Crippen LogP contribution in [-0.2, 0) is 4.74 Å². The number of hydrogen-bond donors (Lipinski definition) is 0. The van der Waals surface area contributed by atoms with Gasteiger partial charge in [-0.05, 0) is 45.3 Å². The Bertz CT molecular complexity index is 156. The van der Waals surface area contributed by atoms with E-state index in [0.29, 0.717) is 6.10 Å². The van der Waals surface area contributed by atoms with Crippen molar-refractivity contribution in [3.8, 4) is 0 Å². The summed E-state index contributed by atoms with van der Waals surface area (Å²) >= 11 is 1.92. The van der Waals surface area contributed by atoms with Crippen LogP contribution in [0.2, 0.25) is 0 Å². The summed E-state index contributed by atoms with van der Waals surface area (Å²) in [6, 6.07) is 0. The average Bonchev–Trinajstić information content (AvgIpc) is 2.30. The maximum atomic E-state index is 5.91. The van der Waals surface area contributed by atoms with Gasteiger partial charge in [0.2, 0.25) is 0 Å². The van der Waals surface area contributed by atoms with Crippen LogP contribution in [0.4, 0.5) is 0 Å². The number of rotatable bonds is 2. The lowest BCUT2D eigenvalue weighted by atomic mass is 9.96. The van der Waals surface area contributed by atoms with Crippen molar-refractivity contribution in [1.29, 1.82) is 0 Å². The van der Waals surface area contributed by atoms with E-state index in [1.54, 1.807) is 0 Å². The van der Waals surface area contributed by atoms with Gasteiger partial charge in [0.25, 0.3) is 0 Å². The van der Waals surface area contributed by atoms with Gasteiger partial charge in [-0.25, -0.2) is 0 Å². The molecule has 0 N–H and O–H groups in total. The minimum Gasteiger partial charge on any atom is -0.377 e. The molecule has 0 aromatic heterocycles. The van der Waals surface area contributed by atoms with Crippen LogP contribution in [0.3, 0.4) is 0 Å². The molecule has 13 heavy (non-hydrogen) atoms. The van der Waals surface area contributed by atoms with Gasteiger partial charge in [-0.3, -0.25) is 0 Å². The van der Waals surface area contributed by atoms with E-state index in [1.807, 2.05) is 11.8 Å². The van der Waals surface area contributed by atoms with E-state index in [9.17, 15) is 0 Å². The van der Waals surface area contributed by atoms with Crippen LogP contribution in [-0.4, -0.2) is 23.7 Å². The van der Waals surface area contributed by atoms with Gasteiger partial charge in [0.05, 0.1) is 6.10 Å². The molecule has 1 fully saturated rings. The number of ether oxygens (including phenoxy) is 1. The Labute approximate surface area is 86.6 Å². The Hall–Kier alpha value is 0.310. The molecule has 0 aliphatic carbocycles. The van der Waals surface area contributed by atoms with Crippen molar-refractivity contribution in [2.24, 2.45) is 5.92 Å². The first kappa shape index (κ1) is 11.4. The molecule has 0 bridgehead atoms. The van der Waals surface area contributed by atoms with Crippen LogP contribution in [0.15, 0.2) is 0 Å². The molecule has 1 aliphatic rings. The predicted octanol–water partition coefficient (Wildman–Crippen LogP) is 3.33. The van der Waals surface area contributed by atoms with Gasteiger partial charge in [0.1, 0.15) is 0 Å². The summed E-state index contributed by atoms with van der Waals surface area (Å²) in [7, 11) is 0. The molecule has 0 radical (unpaired) electrons. The van der Waals surface area contributed by atoms with Crippen molar-refractivity contribution < 1.29 is 4.74 Å². The Balaban J connectivity index is 2.50. The first-order valence-corrected chi connectivity index (χ1v) is 6.45. The lowest BCUT2D eigenvalue weighted by molar-refractivity contribution is 0.0382. The summed E-state index contributed by atoms with van der Waals surface area (Å²) in [5, 5.41) is 0. The summed E-state index contributed by atoms with van der Waals surface area (Å²) in [6.45, 7) is 7.87. The number of hydrogen-bond acceptors (Lipinski definition) is 2. The predicted molar refractivity (Wildman–Crippen MR) is 60.3 cm³/mol. The Kier molecular flexibility index (Phi) is 4.11. The molecule has 1 nitrogen and oxygen atoms in total. The zero-order chi connectivity index (χ0) is 9.90. The highest BCUT2D eigenvalue weighted by atomic mass is 32.2. The molecule has 78 valence electrons. The van der Waals surface area contributed by atoms with Gasteiger partial charge in [-0.15, -0.1) is 0 Å². The molecule has 2 heteroatoms. The van der Waals surface area contributed by atoms with Gasteiger partial charge in [-0.2, -0.15) is 11.8 Å². The molecular weight excluding hydrogens is 180 g/mol. The fraction of sp³-hybridized carbons (Fsp3) is 1.00. The summed E-state index contributed by atoms with van der Waals surface area (Å²) in [4.78, 5) is 0. The van der Waals surface area contributed by atoms with Gasteiger partial charge >= 0.3 is 0 Å². The molecule has 1 heterocycles. The van der Waals surface area contributed by atoms with Crippen LogP contribution < -0.4 is 0 Å². The van der Waals surface area contributed by atoms with E-state index in [1.165, 1.54) is 19.3 Å². The lowest BCUT2D eigenvalue weighted by Crippen LogP contribution is -2.34. The Morgan fingerprint density at radius 2 is 1.92 bits per heavy atom. The molecule has 0 spiro atoms. The first-order valence-electron chi connectivity index (χ1n) is 5.23. The minimum absolute atomic E-state index is 0.282. The van der Waals surface area contributed by atoms with E-state index < -0.39 is 0 Å². The van der Waals surface area contributed by atoms with E-state index in [4.69, 9.17) is 4.74 Å². The third-order valence-electron chi connectivity index (χ3n) is 3.15. The SMILES string of the molecule is CSC(C)(C)[C@H]1CC[C@H](C)CCO1. The van der Waals surface area contributed by atoms with E-state index in [2.05, 4.69) is 27.0 Å². The van der Waals surface area contributed by atoms with Crippen molar-refractivity contribution in [1.82, 2.24) is 0 Å². The monoisotopic (exact) mass is 202 g/mol. The molecule has 2 atom stereocenters. The molecule has 0 saturated carbocycles. The molecule has 1 saturated heterocycles. The van der Waals surface area contributed by atoms with E-state index in [-0.39, 0.29) is 4.75 Å². The molecule has 1 aliphatic heterocycles. The Morgan fingerprint density at radius 3 is 2.54 bits per heavy atom. The standard InChI is InChI=1S/C11H22OS/c1-9-5-6-10(12-8-7-9)11(2,3)13-4/h9-10H,5-8H2,1-4H3/t9-,10+/m0/s1. The summed E-state index contributed by atoms with van der Waals surface area (Å²) in [5.74, 6) is 0.850. The number of thioether (sulfide) groups is 1. The molecule has 0 aromatic carbocycles. The van der Waals surface area contributed by atoms with E-state index >= 15 is 0 Å². The van der Waals surface area contributed by atoms with Gasteiger partial charge in [-0.1, -0.05) is 6.92 Å². The Morgan fingerprint density at radius 1 is 1.23 bits per heavy atom. The van der Waals surface area contributed by atoms with Crippen molar-refractivity contribution in [3.63, 3.8) is 0 Å². The van der Waals surface area contributed by atoms with Crippen LogP contribution in [0.1, 0.15) is 40.0 Å². The van der Waals surface area contributed by atoms with Gasteiger partial charge < -0.3 is 4.74 Å². The molecule has 0 amide bonds. The highest BCUT2D eigenvalue weighted by Gasteiger charge is 2.30. The smallest absolute Gasteiger partial charge is 0.0716 e. The summed E-state index contributed by atoms with van der Waals surface area (Å²) in [6.07, 6.45) is 6.43. The summed E-state index contributed by atoms with van der Waals surface area (Å²) < 4.78 is 6.19. The molecule has 0 unspecified atom stereocenters. The minimum atomic E-state index is 0.282. The second kappa shape index (κ2) is 4.70. The van der Waals surface area contributed by atoms with Gasteiger partial charge in [0.15, 0.2) is 0 Å². The zero-order valence-electron chi connectivity index (χ0n) is 9.30. The normalized spacial score (nSPS) is 31.4. The van der Waals surface area contributed by atoms with Crippen molar-refractivity contribution in [2.45, 2.75) is 50.9 Å².